The van der Waals surface area contributed by atoms with Crippen molar-refractivity contribution in [1.82, 2.24) is 9.97 Å². The molecule has 1 aliphatic carbocycles. The second-order valence-corrected chi connectivity index (χ2v) is 8.45. The van der Waals surface area contributed by atoms with E-state index in [9.17, 15) is 9.90 Å². The average Bonchev–Trinajstić information content (AvgIpc) is 2.95. The molecule has 0 aliphatic heterocycles. The van der Waals surface area contributed by atoms with Gasteiger partial charge in [0, 0.05) is 17.1 Å². The highest BCUT2D eigenvalue weighted by molar-refractivity contribution is 7.19. The van der Waals surface area contributed by atoms with Crippen molar-refractivity contribution >= 4 is 56.6 Å². The van der Waals surface area contributed by atoms with Gasteiger partial charge < -0.3 is 21.5 Å². The third-order valence-corrected chi connectivity index (χ3v) is 6.71. The zero-order valence-corrected chi connectivity index (χ0v) is 17.6. The van der Waals surface area contributed by atoms with Crippen LogP contribution in [-0.4, -0.2) is 33.8 Å². The standard InChI is InChI=1S/C21H24N6O2S/c1-2-24-15-8-14(23)12(9-22)7-16(15)27-19-18-13-5-3-11(21(28)29)4-6-17(13)30-20(18)26-10-25-19/h7-11,22,24H,2-6,23H2,1H3,(H,28,29)(H,25,26,27)/p+1. The number of hydrogen-bond donors (Lipinski definition) is 5. The summed E-state index contributed by atoms with van der Waals surface area (Å²) in [6, 6.07) is 3.75. The minimum absolute atomic E-state index is 0.305. The maximum Gasteiger partial charge on any atom is 0.306 e. The Kier molecular flexibility index (Phi) is 5.54. The zero-order chi connectivity index (χ0) is 21.3. The van der Waals surface area contributed by atoms with Crippen LogP contribution in [0.4, 0.5) is 22.9 Å². The minimum atomic E-state index is -0.716. The van der Waals surface area contributed by atoms with Gasteiger partial charge >= 0.3 is 5.97 Å². The van der Waals surface area contributed by atoms with Crippen LogP contribution in [0.1, 0.15) is 35.8 Å². The summed E-state index contributed by atoms with van der Waals surface area (Å²) in [6.45, 7) is 2.76. The third-order valence-electron chi connectivity index (χ3n) is 5.51. The molecule has 0 radical (unpaired) electrons. The Morgan fingerprint density at radius 1 is 1.33 bits per heavy atom. The van der Waals surface area contributed by atoms with E-state index < -0.39 is 5.97 Å². The van der Waals surface area contributed by atoms with Gasteiger partial charge in [-0.15, -0.1) is 11.3 Å². The molecule has 1 unspecified atom stereocenters. The van der Waals surface area contributed by atoms with E-state index in [4.69, 9.17) is 11.1 Å². The van der Waals surface area contributed by atoms with E-state index in [1.54, 1.807) is 17.7 Å². The molecule has 7 N–H and O–H groups in total. The number of nitrogen functional groups attached to an aromatic ring is 1. The summed E-state index contributed by atoms with van der Waals surface area (Å²) in [5.74, 6) is -0.314. The molecule has 3 aromatic rings. The quantitative estimate of drug-likeness (QED) is 0.232. The maximum atomic E-state index is 11.5. The number of carbonyl (C=O) groups is 1. The lowest BCUT2D eigenvalue weighted by molar-refractivity contribution is -0.142. The number of benzene rings is 1. The number of hydrogen-bond acceptors (Lipinski definition) is 7. The highest BCUT2D eigenvalue weighted by atomic mass is 32.1. The fraction of sp³-hybridized carbons (Fsp3) is 0.333. The fourth-order valence-electron chi connectivity index (χ4n) is 3.96. The Balaban J connectivity index is 1.77. The summed E-state index contributed by atoms with van der Waals surface area (Å²) in [4.78, 5) is 22.6. The Morgan fingerprint density at radius 2 is 2.13 bits per heavy atom. The normalized spacial score (nSPS) is 16.0. The molecule has 8 nitrogen and oxygen atoms in total. The molecule has 2 heterocycles. The summed E-state index contributed by atoms with van der Waals surface area (Å²) < 4.78 is 0. The van der Waals surface area contributed by atoms with Crippen molar-refractivity contribution < 1.29 is 15.3 Å². The van der Waals surface area contributed by atoms with Crippen molar-refractivity contribution in [1.29, 1.82) is 0 Å². The van der Waals surface area contributed by atoms with E-state index in [1.165, 1.54) is 11.1 Å². The third kappa shape index (κ3) is 3.68. The van der Waals surface area contributed by atoms with Crippen LogP contribution in [0.25, 0.3) is 10.2 Å². The smallest absolute Gasteiger partial charge is 0.306 e. The first-order valence-corrected chi connectivity index (χ1v) is 10.8. The van der Waals surface area contributed by atoms with Crippen LogP contribution in [0.5, 0.6) is 0 Å². The van der Waals surface area contributed by atoms with Crippen molar-refractivity contribution in [2.45, 2.75) is 32.6 Å². The van der Waals surface area contributed by atoms with Crippen LogP contribution in [0.3, 0.4) is 0 Å². The van der Waals surface area contributed by atoms with Crippen LogP contribution >= 0.6 is 11.3 Å². The predicted molar refractivity (Wildman–Crippen MR) is 121 cm³/mol. The number of carboxylic acids is 1. The van der Waals surface area contributed by atoms with Gasteiger partial charge in [-0.2, -0.15) is 0 Å². The van der Waals surface area contributed by atoms with E-state index in [0.29, 0.717) is 30.8 Å². The molecule has 1 atom stereocenters. The molecule has 0 fully saturated rings. The summed E-state index contributed by atoms with van der Waals surface area (Å²) in [7, 11) is 0. The van der Waals surface area contributed by atoms with Crippen molar-refractivity contribution in [3.8, 4) is 0 Å². The molecule has 2 aromatic heterocycles. The molecule has 1 aliphatic rings. The Hall–Kier alpha value is -3.20. The van der Waals surface area contributed by atoms with Gasteiger partial charge in [-0.3, -0.25) is 10.2 Å². The van der Waals surface area contributed by atoms with Gasteiger partial charge in [0.15, 0.2) is 6.21 Å². The number of aromatic nitrogens is 2. The SMILES string of the molecule is CCNc1cc(N)c(C=[NH2+])cc1Nc1ncnc2sc3c(c12)CCC(C(=O)O)CC3. The van der Waals surface area contributed by atoms with Gasteiger partial charge in [0.25, 0.3) is 0 Å². The summed E-state index contributed by atoms with van der Waals surface area (Å²) in [5.41, 5.74) is 10.3. The lowest BCUT2D eigenvalue weighted by Gasteiger charge is -2.15. The predicted octanol–water partition coefficient (Wildman–Crippen LogP) is 2.21. The lowest BCUT2D eigenvalue weighted by atomic mass is 10.00. The molecule has 9 heteroatoms. The molecule has 0 amide bonds. The van der Waals surface area contributed by atoms with E-state index in [0.717, 1.165) is 45.7 Å². The van der Waals surface area contributed by atoms with Gasteiger partial charge in [-0.25, -0.2) is 9.97 Å². The Bertz CT molecular complexity index is 1130. The molecule has 0 spiro atoms. The Morgan fingerprint density at radius 3 is 2.87 bits per heavy atom. The molecule has 4 rings (SSSR count). The van der Waals surface area contributed by atoms with Crippen LogP contribution in [0.15, 0.2) is 18.5 Å². The summed E-state index contributed by atoms with van der Waals surface area (Å²) in [6.07, 6.45) is 5.78. The zero-order valence-electron chi connectivity index (χ0n) is 16.7. The number of rotatable bonds is 6. The summed E-state index contributed by atoms with van der Waals surface area (Å²) >= 11 is 1.63. The average molecular weight is 426 g/mol. The van der Waals surface area contributed by atoms with E-state index in [-0.39, 0.29) is 5.92 Å². The first-order chi connectivity index (χ1) is 14.5. The number of thiophene rings is 1. The first-order valence-electron chi connectivity index (χ1n) is 9.99. The summed E-state index contributed by atoms with van der Waals surface area (Å²) in [5, 5.41) is 22.9. The van der Waals surface area contributed by atoms with Crippen LogP contribution in [0.2, 0.25) is 0 Å². The number of carboxylic acid groups (broad SMARTS) is 1. The number of nitrogens with two attached hydrogens (primary N) is 2. The van der Waals surface area contributed by atoms with E-state index in [2.05, 4.69) is 20.6 Å². The van der Waals surface area contributed by atoms with Crippen molar-refractivity contribution in [3.63, 3.8) is 0 Å². The first kappa shape index (κ1) is 20.1. The number of aryl methyl sites for hydroxylation is 2. The number of nitrogens with one attached hydrogen (secondary N) is 2. The molecule has 30 heavy (non-hydrogen) atoms. The van der Waals surface area contributed by atoms with Gasteiger partial charge in [-0.1, -0.05) is 0 Å². The maximum absolute atomic E-state index is 11.5. The second-order valence-electron chi connectivity index (χ2n) is 7.37. The molecule has 0 bridgehead atoms. The number of nitrogens with zero attached hydrogens (tertiary/aromatic N) is 2. The monoisotopic (exact) mass is 425 g/mol. The molecule has 1 aromatic carbocycles. The highest BCUT2D eigenvalue weighted by Gasteiger charge is 2.26. The van der Waals surface area contributed by atoms with E-state index >= 15 is 0 Å². The van der Waals surface area contributed by atoms with Gasteiger partial charge in [0.05, 0.1) is 28.2 Å². The topological polar surface area (TPSA) is 139 Å². The minimum Gasteiger partial charge on any atom is -0.481 e. The molecule has 156 valence electrons. The number of aliphatic carboxylic acids is 1. The van der Waals surface area contributed by atoms with Crippen molar-refractivity contribution in [3.05, 3.63) is 34.5 Å². The molecule has 0 saturated carbocycles. The number of anilines is 4. The molecular weight excluding hydrogens is 400 g/mol. The van der Waals surface area contributed by atoms with Crippen molar-refractivity contribution in [2.75, 3.05) is 22.9 Å². The van der Waals surface area contributed by atoms with Gasteiger partial charge in [0.2, 0.25) is 0 Å². The highest BCUT2D eigenvalue weighted by Crippen LogP contribution is 2.40. The van der Waals surface area contributed by atoms with Crippen LogP contribution in [-0.2, 0) is 17.6 Å². The molecule has 0 saturated heterocycles. The molecular formula is C21H25N6O2S+. The number of fused-ring (bicyclic) bond motifs is 3. The van der Waals surface area contributed by atoms with Crippen LogP contribution in [0, 0.1) is 5.92 Å². The van der Waals surface area contributed by atoms with Crippen molar-refractivity contribution in [2.24, 2.45) is 5.92 Å². The van der Waals surface area contributed by atoms with Crippen LogP contribution < -0.4 is 21.8 Å². The lowest BCUT2D eigenvalue weighted by Crippen LogP contribution is -2.30. The fourth-order valence-corrected chi connectivity index (χ4v) is 5.16. The van der Waals surface area contributed by atoms with Gasteiger partial charge in [0.1, 0.15) is 17.0 Å². The largest absolute Gasteiger partial charge is 0.481 e. The van der Waals surface area contributed by atoms with Gasteiger partial charge in [-0.05, 0) is 50.3 Å². The Labute approximate surface area is 178 Å². The van der Waals surface area contributed by atoms with E-state index in [1.807, 2.05) is 19.1 Å². The second kappa shape index (κ2) is 8.27.